The standard InChI is InChI=1S/C14H30N2O2/c1-6-13(2)7-9-16(10-8-13)14(3,11-15)12(17-4)18-5/h12H,6-11,15H2,1-5H3. The zero-order valence-corrected chi connectivity index (χ0v) is 12.7. The minimum atomic E-state index is -0.270. The van der Waals surface area contributed by atoms with E-state index in [0.717, 1.165) is 13.1 Å². The maximum Gasteiger partial charge on any atom is 0.176 e. The third kappa shape index (κ3) is 3.05. The molecular formula is C14H30N2O2. The molecule has 0 radical (unpaired) electrons. The number of nitrogens with zero attached hydrogens (tertiary/aromatic N) is 1. The minimum Gasteiger partial charge on any atom is -0.354 e. The Balaban J connectivity index is 2.73. The van der Waals surface area contributed by atoms with Gasteiger partial charge in [-0.2, -0.15) is 0 Å². The Kier molecular flexibility index (Phi) is 5.59. The summed E-state index contributed by atoms with van der Waals surface area (Å²) >= 11 is 0. The van der Waals surface area contributed by atoms with Gasteiger partial charge in [0.25, 0.3) is 0 Å². The topological polar surface area (TPSA) is 47.7 Å². The maximum absolute atomic E-state index is 5.99. The Labute approximate surface area is 112 Å². The molecule has 4 nitrogen and oxygen atoms in total. The first kappa shape index (κ1) is 15.9. The first-order valence-corrected chi connectivity index (χ1v) is 6.96. The Morgan fingerprint density at radius 1 is 1.28 bits per heavy atom. The van der Waals surface area contributed by atoms with Crippen molar-refractivity contribution in [1.82, 2.24) is 4.90 Å². The summed E-state index contributed by atoms with van der Waals surface area (Å²) in [5, 5.41) is 0. The lowest BCUT2D eigenvalue weighted by Crippen LogP contribution is -2.62. The van der Waals surface area contributed by atoms with Gasteiger partial charge in [-0.15, -0.1) is 0 Å². The number of ether oxygens (including phenoxy) is 2. The molecule has 1 unspecified atom stereocenters. The van der Waals surface area contributed by atoms with E-state index in [4.69, 9.17) is 15.2 Å². The van der Waals surface area contributed by atoms with Gasteiger partial charge in [-0.3, -0.25) is 4.90 Å². The van der Waals surface area contributed by atoms with Crippen LogP contribution >= 0.6 is 0 Å². The first-order chi connectivity index (χ1) is 8.45. The van der Waals surface area contributed by atoms with Gasteiger partial charge in [0.1, 0.15) is 0 Å². The molecule has 1 atom stereocenters. The van der Waals surface area contributed by atoms with Crippen molar-refractivity contribution < 1.29 is 9.47 Å². The molecule has 1 saturated heterocycles. The van der Waals surface area contributed by atoms with E-state index >= 15 is 0 Å². The average Bonchev–Trinajstić information content (AvgIpc) is 2.40. The van der Waals surface area contributed by atoms with Crippen LogP contribution in [0.3, 0.4) is 0 Å². The van der Waals surface area contributed by atoms with Crippen molar-refractivity contribution >= 4 is 0 Å². The van der Waals surface area contributed by atoms with Crippen LogP contribution < -0.4 is 5.73 Å². The lowest BCUT2D eigenvalue weighted by molar-refractivity contribution is -0.187. The molecule has 0 saturated carbocycles. The summed E-state index contributed by atoms with van der Waals surface area (Å²) in [5.74, 6) is 0. The van der Waals surface area contributed by atoms with Gasteiger partial charge in [-0.25, -0.2) is 0 Å². The molecular weight excluding hydrogens is 228 g/mol. The fraction of sp³-hybridized carbons (Fsp3) is 1.00. The van der Waals surface area contributed by atoms with Crippen molar-refractivity contribution in [2.24, 2.45) is 11.1 Å². The largest absolute Gasteiger partial charge is 0.354 e. The Morgan fingerprint density at radius 2 is 1.78 bits per heavy atom. The second-order valence-electron chi connectivity index (χ2n) is 6.02. The van der Waals surface area contributed by atoms with Crippen LogP contribution in [0, 0.1) is 5.41 Å². The van der Waals surface area contributed by atoms with Gasteiger partial charge in [-0.05, 0) is 38.3 Å². The van der Waals surface area contributed by atoms with Crippen LogP contribution in [0.5, 0.6) is 0 Å². The number of rotatable bonds is 6. The smallest absolute Gasteiger partial charge is 0.176 e. The molecule has 1 aliphatic heterocycles. The summed E-state index contributed by atoms with van der Waals surface area (Å²) in [5.41, 5.74) is 6.24. The van der Waals surface area contributed by atoms with Crippen molar-refractivity contribution in [2.75, 3.05) is 33.9 Å². The first-order valence-electron chi connectivity index (χ1n) is 6.96. The minimum absolute atomic E-state index is 0.238. The second kappa shape index (κ2) is 6.33. The number of methoxy groups -OCH3 is 2. The summed E-state index contributed by atoms with van der Waals surface area (Å²) in [6, 6.07) is 0. The summed E-state index contributed by atoms with van der Waals surface area (Å²) in [4.78, 5) is 2.43. The highest BCUT2D eigenvalue weighted by Gasteiger charge is 2.42. The average molecular weight is 258 g/mol. The molecule has 4 heteroatoms. The molecule has 1 aliphatic rings. The highest BCUT2D eigenvalue weighted by molar-refractivity contribution is 4.95. The lowest BCUT2D eigenvalue weighted by atomic mass is 9.77. The predicted octanol–water partition coefficient (Wildman–Crippen LogP) is 1.83. The summed E-state index contributed by atoms with van der Waals surface area (Å²) < 4.78 is 10.9. The predicted molar refractivity (Wildman–Crippen MR) is 74.5 cm³/mol. The van der Waals surface area contributed by atoms with Gasteiger partial charge in [0, 0.05) is 20.8 Å². The van der Waals surface area contributed by atoms with E-state index < -0.39 is 0 Å². The quantitative estimate of drug-likeness (QED) is 0.739. The molecule has 18 heavy (non-hydrogen) atoms. The molecule has 0 aromatic rings. The Hall–Kier alpha value is -0.160. The van der Waals surface area contributed by atoms with Gasteiger partial charge in [-0.1, -0.05) is 20.3 Å². The summed E-state index contributed by atoms with van der Waals surface area (Å²) in [7, 11) is 3.37. The van der Waals surface area contributed by atoms with Gasteiger partial charge >= 0.3 is 0 Å². The van der Waals surface area contributed by atoms with E-state index in [0.29, 0.717) is 12.0 Å². The molecule has 1 heterocycles. The number of nitrogens with two attached hydrogens (primary N) is 1. The van der Waals surface area contributed by atoms with Crippen molar-refractivity contribution in [3.05, 3.63) is 0 Å². The van der Waals surface area contributed by atoms with Crippen molar-refractivity contribution in [3.8, 4) is 0 Å². The van der Waals surface area contributed by atoms with Crippen LogP contribution in [-0.2, 0) is 9.47 Å². The number of piperidine rings is 1. The fourth-order valence-electron chi connectivity index (χ4n) is 2.89. The van der Waals surface area contributed by atoms with Crippen LogP contribution in [0.4, 0.5) is 0 Å². The molecule has 0 bridgehead atoms. The number of hydrogen-bond donors (Lipinski definition) is 1. The molecule has 0 aliphatic carbocycles. The number of hydrogen-bond acceptors (Lipinski definition) is 4. The van der Waals surface area contributed by atoms with Gasteiger partial charge < -0.3 is 15.2 Å². The van der Waals surface area contributed by atoms with E-state index in [2.05, 4.69) is 25.7 Å². The van der Waals surface area contributed by atoms with Crippen LogP contribution in [0.1, 0.15) is 40.0 Å². The Bertz CT molecular complexity index is 248. The normalized spacial score (nSPS) is 24.2. The van der Waals surface area contributed by atoms with Crippen LogP contribution in [0.25, 0.3) is 0 Å². The fourth-order valence-corrected chi connectivity index (χ4v) is 2.89. The molecule has 2 N–H and O–H groups in total. The van der Waals surface area contributed by atoms with Gasteiger partial charge in [0.05, 0.1) is 5.54 Å². The molecule has 1 rings (SSSR count). The molecule has 0 spiro atoms. The van der Waals surface area contributed by atoms with Crippen molar-refractivity contribution in [3.63, 3.8) is 0 Å². The van der Waals surface area contributed by atoms with E-state index in [1.54, 1.807) is 14.2 Å². The molecule has 0 aromatic carbocycles. The van der Waals surface area contributed by atoms with Gasteiger partial charge in [0.2, 0.25) is 0 Å². The van der Waals surface area contributed by atoms with E-state index in [-0.39, 0.29) is 11.8 Å². The van der Waals surface area contributed by atoms with Gasteiger partial charge in [0.15, 0.2) is 6.29 Å². The zero-order valence-electron chi connectivity index (χ0n) is 12.7. The molecule has 0 amide bonds. The van der Waals surface area contributed by atoms with Crippen LogP contribution in [0.15, 0.2) is 0 Å². The van der Waals surface area contributed by atoms with Crippen molar-refractivity contribution in [1.29, 1.82) is 0 Å². The monoisotopic (exact) mass is 258 g/mol. The molecule has 1 fully saturated rings. The van der Waals surface area contributed by atoms with E-state index in [9.17, 15) is 0 Å². The van der Waals surface area contributed by atoms with Crippen LogP contribution in [-0.4, -0.2) is 50.6 Å². The second-order valence-corrected chi connectivity index (χ2v) is 6.02. The summed E-state index contributed by atoms with van der Waals surface area (Å²) in [6.45, 7) is 9.49. The highest BCUT2D eigenvalue weighted by atomic mass is 16.7. The third-order valence-electron chi connectivity index (χ3n) is 4.90. The molecule has 108 valence electrons. The van der Waals surface area contributed by atoms with Crippen molar-refractivity contribution in [2.45, 2.75) is 51.9 Å². The Morgan fingerprint density at radius 3 is 2.11 bits per heavy atom. The lowest BCUT2D eigenvalue weighted by Gasteiger charge is -2.49. The van der Waals surface area contributed by atoms with E-state index in [1.165, 1.54) is 19.3 Å². The summed E-state index contributed by atoms with van der Waals surface area (Å²) in [6.07, 6.45) is 3.42. The third-order valence-corrected chi connectivity index (χ3v) is 4.90. The zero-order chi connectivity index (χ0) is 13.8. The maximum atomic E-state index is 5.99. The molecule has 0 aromatic heterocycles. The van der Waals surface area contributed by atoms with Crippen LogP contribution in [0.2, 0.25) is 0 Å². The SMILES string of the molecule is CCC1(C)CCN(C(C)(CN)C(OC)OC)CC1. The number of likely N-dealkylation sites (tertiary alicyclic amines) is 1. The highest BCUT2D eigenvalue weighted by Crippen LogP contribution is 2.37. The van der Waals surface area contributed by atoms with E-state index in [1.807, 2.05) is 0 Å².